The lowest BCUT2D eigenvalue weighted by Crippen LogP contribution is -2.38. The van der Waals surface area contributed by atoms with Gasteiger partial charge in [-0.3, -0.25) is 14.4 Å². The van der Waals surface area contributed by atoms with E-state index in [1.807, 2.05) is 6.92 Å². The molecule has 1 aromatic rings. The van der Waals surface area contributed by atoms with Crippen LogP contribution in [0.4, 0.5) is 0 Å². The van der Waals surface area contributed by atoms with Gasteiger partial charge in [0.15, 0.2) is 0 Å². The number of hydrogen-bond acceptors (Lipinski definition) is 3. The number of likely N-dealkylation sites (N-methyl/N-ethyl adjacent to an activating group) is 1. The van der Waals surface area contributed by atoms with Crippen LogP contribution in [0.2, 0.25) is 0 Å². The molecule has 1 heterocycles. The number of aromatic amines is 1. The molecule has 2 amide bonds. The van der Waals surface area contributed by atoms with Crippen LogP contribution in [0.5, 0.6) is 0 Å². The summed E-state index contributed by atoms with van der Waals surface area (Å²) in [5, 5.41) is 2.48. The third kappa shape index (κ3) is 3.75. The van der Waals surface area contributed by atoms with Crippen molar-refractivity contribution in [2.45, 2.75) is 6.92 Å². The number of hydrogen-bond donors (Lipinski definition) is 2. The number of amides is 2. The fourth-order valence-electron chi connectivity index (χ4n) is 1.12. The van der Waals surface area contributed by atoms with Crippen LogP contribution in [0.3, 0.4) is 0 Å². The van der Waals surface area contributed by atoms with E-state index < -0.39 is 0 Å². The SMILES string of the molecule is CCN(C)C(=O)CNC(=O)c1ccc(=O)[nH]c1. The molecule has 1 rings (SSSR count). The Balaban J connectivity index is 2.53. The van der Waals surface area contributed by atoms with Crippen LogP contribution >= 0.6 is 0 Å². The third-order valence-corrected chi connectivity index (χ3v) is 2.35. The molecule has 92 valence electrons. The van der Waals surface area contributed by atoms with E-state index in [-0.39, 0.29) is 23.9 Å². The van der Waals surface area contributed by atoms with Gasteiger partial charge in [0.2, 0.25) is 11.5 Å². The van der Waals surface area contributed by atoms with E-state index in [4.69, 9.17) is 0 Å². The van der Waals surface area contributed by atoms with Gasteiger partial charge in [-0.25, -0.2) is 0 Å². The minimum absolute atomic E-state index is 0.0533. The molecule has 2 N–H and O–H groups in total. The van der Waals surface area contributed by atoms with Crippen molar-refractivity contribution in [3.63, 3.8) is 0 Å². The van der Waals surface area contributed by atoms with Gasteiger partial charge < -0.3 is 15.2 Å². The highest BCUT2D eigenvalue weighted by Crippen LogP contribution is 1.92. The summed E-state index contributed by atoms with van der Waals surface area (Å²) in [6.07, 6.45) is 1.31. The molecule has 0 fully saturated rings. The van der Waals surface area contributed by atoms with Gasteiger partial charge >= 0.3 is 0 Å². The summed E-state index contributed by atoms with van der Waals surface area (Å²) in [5.74, 6) is -0.552. The van der Waals surface area contributed by atoms with Crippen molar-refractivity contribution in [3.05, 3.63) is 34.2 Å². The summed E-state index contributed by atoms with van der Waals surface area (Å²) in [6, 6.07) is 2.66. The summed E-state index contributed by atoms with van der Waals surface area (Å²) < 4.78 is 0. The average molecular weight is 237 g/mol. The van der Waals surface area contributed by atoms with Gasteiger partial charge in [-0.05, 0) is 13.0 Å². The molecule has 0 aromatic carbocycles. The zero-order valence-electron chi connectivity index (χ0n) is 9.82. The number of carbonyl (C=O) groups is 2. The van der Waals surface area contributed by atoms with Gasteiger partial charge in [0.25, 0.3) is 5.91 Å². The summed E-state index contributed by atoms with van der Waals surface area (Å²) in [7, 11) is 1.66. The molecule has 0 aliphatic carbocycles. The second kappa shape index (κ2) is 5.83. The first-order valence-corrected chi connectivity index (χ1v) is 5.25. The molecule has 0 bridgehead atoms. The number of pyridine rings is 1. The Hall–Kier alpha value is -2.11. The van der Waals surface area contributed by atoms with Gasteiger partial charge in [0.05, 0.1) is 12.1 Å². The predicted octanol–water partition coefficient (Wildman–Crippen LogP) is -0.417. The van der Waals surface area contributed by atoms with Crippen LogP contribution in [-0.4, -0.2) is 41.8 Å². The van der Waals surface area contributed by atoms with Crippen LogP contribution in [-0.2, 0) is 4.79 Å². The van der Waals surface area contributed by atoms with Crippen molar-refractivity contribution in [1.29, 1.82) is 0 Å². The fraction of sp³-hybridized carbons (Fsp3) is 0.364. The number of H-pyrrole nitrogens is 1. The lowest BCUT2D eigenvalue weighted by atomic mass is 10.2. The van der Waals surface area contributed by atoms with E-state index in [9.17, 15) is 14.4 Å². The molecule has 6 nitrogen and oxygen atoms in total. The number of rotatable bonds is 4. The third-order valence-electron chi connectivity index (χ3n) is 2.35. The maximum atomic E-state index is 11.6. The van der Waals surface area contributed by atoms with Gasteiger partial charge in [0, 0.05) is 25.9 Å². The molecule has 1 aromatic heterocycles. The topological polar surface area (TPSA) is 82.3 Å². The van der Waals surface area contributed by atoms with Crippen LogP contribution in [0.25, 0.3) is 0 Å². The standard InChI is InChI=1S/C11H15N3O3/c1-3-14(2)10(16)7-13-11(17)8-4-5-9(15)12-6-8/h4-6H,3,7H2,1-2H3,(H,12,15)(H,13,17). The van der Waals surface area contributed by atoms with Gasteiger partial charge in [0.1, 0.15) is 0 Å². The van der Waals surface area contributed by atoms with E-state index in [2.05, 4.69) is 10.3 Å². The molecule has 6 heteroatoms. The van der Waals surface area contributed by atoms with E-state index >= 15 is 0 Å². The first kappa shape index (κ1) is 13.0. The Bertz CT molecular complexity index is 447. The summed E-state index contributed by atoms with van der Waals surface area (Å²) in [4.78, 5) is 37.7. The Kier molecular flexibility index (Phi) is 4.45. The maximum absolute atomic E-state index is 11.6. The summed E-state index contributed by atoms with van der Waals surface area (Å²) in [6.45, 7) is 2.39. The van der Waals surface area contributed by atoms with Gasteiger partial charge in [-0.15, -0.1) is 0 Å². The smallest absolute Gasteiger partial charge is 0.253 e. The minimum atomic E-state index is -0.390. The van der Waals surface area contributed by atoms with E-state index in [1.165, 1.54) is 23.2 Å². The lowest BCUT2D eigenvalue weighted by Gasteiger charge is -2.14. The summed E-state index contributed by atoms with van der Waals surface area (Å²) in [5.41, 5.74) is 0.0416. The Morgan fingerprint density at radius 3 is 2.65 bits per heavy atom. The zero-order chi connectivity index (χ0) is 12.8. The Morgan fingerprint density at radius 1 is 1.41 bits per heavy atom. The molecular formula is C11H15N3O3. The summed E-state index contributed by atoms with van der Waals surface area (Å²) >= 11 is 0. The first-order valence-electron chi connectivity index (χ1n) is 5.25. The van der Waals surface area contributed by atoms with Crippen molar-refractivity contribution in [2.75, 3.05) is 20.1 Å². The molecule has 0 unspecified atom stereocenters. The van der Waals surface area contributed by atoms with Crippen molar-refractivity contribution in [2.24, 2.45) is 0 Å². The molecule has 17 heavy (non-hydrogen) atoms. The van der Waals surface area contributed by atoms with Gasteiger partial charge in [-0.2, -0.15) is 0 Å². The van der Waals surface area contributed by atoms with E-state index in [0.717, 1.165) is 0 Å². The maximum Gasteiger partial charge on any atom is 0.253 e. The van der Waals surface area contributed by atoms with E-state index in [0.29, 0.717) is 12.1 Å². The fourth-order valence-corrected chi connectivity index (χ4v) is 1.12. The molecule has 0 saturated carbocycles. The molecule has 0 aliphatic heterocycles. The van der Waals surface area contributed by atoms with Gasteiger partial charge in [-0.1, -0.05) is 0 Å². The highest BCUT2D eigenvalue weighted by atomic mass is 16.2. The number of carbonyl (C=O) groups excluding carboxylic acids is 2. The second-order valence-electron chi connectivity index (χ2n) is 3.53. The first-order chi connectivity index (χ1) is 8.04. The van der Waals surface area contributed by atoms with Crippen LogP contribution < -0.4 is 10.9 Å². The predicted molar refractivity (Wildman–Crippen MR) is 62.7 cm³/mol. The molecule has 0 aliphatic rings. The molecule has 0 radical (unpaired) electrons. The monoisotopic (exact) mass is 237 g/mol. The van der Waals surface area contributed by atoms with Crippen molar-refractivity contribution >= 4 is 11.8 Å². The van der Waals surface area contributed by atoms with Crippen molar-refractivity contribution in [3.8, 4) is 0 Å². The molecule has 0 atom stereocenters. The number of nitrogens with one attached hydrogen (secondary N) is 2. The highest BCUT2D eigenvalue weighted by molar-refractivity contribution is 5.96. The Labute approximate surface area is 98.6 Å². The second-order valence-corrected chi connectivity index (χ2v) is 3.53. The normalized spacial score (nSPS) is 9.76. The van der Waals surface area contributed by atoms with Crippen LogP contribution in [0.15, 0.2) is 23.1 Å². The van der Waals surface area contributed by atoms with E-state index in [1.54, 1.807) is 7.05 Å². The Morgan fingerprint density at radius 2 is 2.12 bits per heavy atom. The average Bonchev–Trinajstić information content (AvgIpc) is 2.35. The zero-order valence-corrected chi connectivity index (χ0v) is 9.82. The van der Waals surface area contributed by atoms with Crippen LogP contribution in [0.1, 0.15) is 17.3 Å². The number of nitrogens with zero attached hydrogens (tertiary/aromatic N) is 1. The van der Waals surface area contributed by atoms with Crippen molar-refractivity contribution in [1.82, 2.24) is 15.2 Å². The largest absolute Gasteiger partial charge is 0.345 e. The highest BCUT2D eigenvalue weighted by Gasteiger charge is 2.10. The quantitative estimate of drug-likeness (QED) is 0.746. The minimum Gasteiger partial charge on any atom is -0.345 e. The molecule has 0 saturated heterocycles. The lowest BCUT2D eigenvalue weighted by molar-refractivity contribution is -0.128. The van der Waals surface area contributed by atoms with Crippen LogP contribution in [0, 0.1) is 0 Å². The molecule has 0 spiro atoms. The molecular weight excluding hydrogens is 222 g/mol. The van der Waals surface area contributed by atoms with Crippen molar-refractivity contribution < 1.29 is 9.59 Å². The number of aromatic nitrogens is 1.